The Bertz CT molecular complexity index is 956. The van der Waals surface area contributed by atoms with Crippen LogP contribution in [0.15, 0.2) is 57.9 Å². The Morgan fingerprint density at radius 2 is 1.81 bits per heavy atom. The van der Waals surface area contributed by atoms with Crippen LogP contribution in [0.4, 0.5) is 0 Å². The molecule has 0 saturated carbocycles. The minimum absolute atomic E-state index is 0.641. The Hall–Kier alpha value is -2.59. The van der Waals surface area contributed by atoms with Crippen molar-refractivity contribution in [2.24, 2.45) is 4.99 Å². The van der Waals surface area contributed by atoms with E-state index in [0.29, 0.717) is 6.61 Å². The summed E-state index contributed by atoms with van der Waals surface area (Å²) in [5.41, 5.74) is 3.12. The molecule has 0 unspecified atom stereocenters. The molecule has 3 rings (SSSR count). The largest absolute Gasteiger partial charge is 0.494 e. The third kappa shape index (κ3) is 4.98. The van der Waals surface area contributed by atoms with Crippen LogP contribution in [-0.2, 0) is 0 Å². The summed E-state index contributed by atoms with van der Waals surface area (Å²) >= 11 is 0. The van der Waals surface area contributed by atoms with E-state index in [-0.39, 0.29) is 0 Å². The molecule has 0 saturated heterocycles. The number of benzene rings is 2. The summed E-state index contributed by atoms with van der Waals surface area (Å²) in [5, 5.41) is 1.95. The molecule has 0 aliphatic rings. The summed E-state index contributed by atoms with van der Waals surface area (Å²) in [6.07, 6.45) is 1.06. The maximum absolute atomic E-state index is 6.19. The number of rotatable bonds is 7. The highest BCUT2D eigenvalue weighted by molar-refractivity contribution is 5.80. The Balaban J connectivity index is 2.07. The van der Waals surface area contributed by atoms with E-state index in [9.17, 15) is 0 Å². The number of ether oxygens (including phenoxy) is 1. The Kier molecular flexibility index (Phi) is 6.30. The fraction of sp³-hybridized carbons (Fsp3) is 0.348. The number of fused-ring (bicyclic) bond motifs is 1. The Labute approximate surface area is 161 Å². The van der Waals surface area contributed by atoms with Gasteiger partial charge in [-0.1, -0.05) is 29.8 Å². The lowest BCUT2D eigenvalue weighted by Gasteiger charge is -2.08. The van der Waals surface area contributed by atoms with E-state index >= 15 is 0 Å². The highest BCUT2D eigenvalue weighted by Crippen LogP contribution is 2.25. The summed E-state index contributed by atoms with van der Waals surface area (Å²) in [6, 6.07) is 16.4. The van der Waals surface area contributed by atoms with Gasteiger partial charge in [0.1, 0.15) is 17.1 Å². The molecule has 1 aromatic heterocycles. The van der Waals surface area contributed by atoms with Crippen LogP contribution < -0.4 is 15.0 Å². The summed E-state index contributed by atoms with van der Waals surface area (Å²) in [5.74, 6) is 1.68. The first-order chi connectivity index (χ1) is 13.1. The van der Waals surface area contributed by atoms with Crippen molar-refractivity contribution in [3.05, 3.63) is 59.5 Å². The zero-order valence-corrected chi connectivity index (χ0v) is 16.7. The van der Waals surface area contributed by atoms with E-state index in [4.69, 9.17) is 14.1 Å². The third-order valence-electron chi connectivity index (χ3n) is 4.48. The van der Waals surface area contributed by atoms with E-state index < -0.39 is 0 Å². The van der Waals surface area contributed by atoms with Gasteiger partial charge in [0.25, 0.3) is 0 Å². The van der Waals surface area contributed by atoms with E-state index in [1.807, 2.05) is 31.2 Å². The van der Waals surface area contributed by atoms with Gasteiger partial charge in [-0.2, -0.15) is 0 Å². The normalized spacial score (nSPS) is 12.1. The fourth-order valence-electron chi connectivity index (χ4n) is 3.03. The molecule has 4 heteroatoms. The van der Waals surface area contributed by atoms with Crippen molar-refractivity contribution in [1.29, 1.82) is 0 Å². The van der Waals surface area contributed by atoms with Crippen LogP contribution in [0.25, 0.3) is 22.3 Å². The smallest absolute Gasteiger partial charge is 0.137 e. The van der Waals surface area contributed by atoms with Crippen molar-refractivity contribution in [1.82, 2.24) is 0 Å². The SMILES string of the molecule is CCOc1ccc2oc(-c3ccc(C)cc3)cc(=NCCC[NH+](C)C)c2c1. The molecular formula is C23H29N2O2+. The second kappa shape index (κ2) is 8.87. The van der Waals surface area contributed by atoms with Gasteiger partial charge < -0.3 is 14.1 Å². The maximum atomic E-state index is 6.19. The molecule has 0 aliphatic heterocycles. The quantitative estimate of drug-likeness (QED) is 0.653. The van der Waals surface area contributed by atoms with Crippen LogP contribution in [-0.4, -0.2) is 33.8 Å². The van der Waals surface area contributed by atoms with Crippen LogP contribution in [0.5, 0.6) is 5.75 Å². The summed E-state index contributed by atoms with van der Waals surface area (Å²) in [6.45, 7) is 6.63. The molecule has 1 N–H and O–H groups in total. The van der Waals surface area contributed by atoms with Gasteiger partial charge in [-0.25, -0.2) is 0 Å². The van der Waals surface area contributed by atoms with Crippen LogP contribution >= 0.6 is 0 Å². The van der Waals surface area contributed by atoms with E-state index in [2.05, 4.69) is 45.3 Å². The highest BCUT2D eigenvalue weighted by atomic mass is 16.5. The van der Waals surface area contributed by atoms with Gasteiger partial charge in [0.2, 0.25) is 0 Å². The lowest BCUT2D eigenvalue weighted by Crippen LogP contribution is -3.05. The molecule has 0 radical (unpaired) electrons. The van der Waals surface area contributed by atoms with E-state index in [1.165, 1.54) is 10.5 Å². The van der Waals surface area contributed by atoms with Crippen molar-refractivity contribution in [2.45, 2.75) is 20.3 Å². The zero-order chi connectivity index (χ0) is 19.2. The first-order valence-electron chi connectivity index (χ1n) is 9.64. The molecule has 1 heterocycles. The molecule has 2 aromatic carbocycles. The topological polar surface area (TPSA) is 39.2 Å². The van der Waals surface area contributed by atoms with Crippen molar-refractivity contribution in [2.75, 3.05) is 33.8 Å². The van der Waals surface area contributed by atoms with Crippen LogP contribution in [0.2, 0.25) is 0 Å². The van der Waals surface area contributed by atoms with Crippen LogP contribution in [0, 0.1) is 6.92 Å². The predicted molar refractivity (Wildman–Crippen MR) is 110 cm³/mol. The first-order valence-corrected chi connectivity index (χ1v) is 9.64. The van der Waals surface area contributed by atoms with Gasteiger partial charge in [0.05, 0.1) is 32.6 Å². The van der Waals surface area contributed by atoms with Crippen LogP contribution in [0.3, 0.4) is 0 Å². The summed E-state index contributed by atoms with van der Waals surface area (Å²) in [4.78, 5) is 6.32. The van der Waals surface area contributed by atoms with Crippen LogP contribution in [0.1, 0.15) is 18.9 Å². The Morgan fingerprint density at radius 1 is 1.04 bits per heavy atom. The lowest BCUT2D eigenvalue weighted by atomic mass is 10.1. The van der Waals surface area contributed by atoms with Gasteiger partial charge in [0, 0.05) is 30.0 Å². The first kappa shape index (κ1) is 19.2. The highest BCUT2D eigenvalue weighted by Gasteiger charge is 2.07. The number of hydrogen-bond donors (Lipinski definition) is 1. The van der Waals surface area contributed by atoms with Gasteiger partial charge in [0.15, 0.2) is 0 Å². The molecule has 0 spiro atoms. The third-order valence-corrected chi connectivity index (χ3v) is 4.48. The average molecular weight is 365 g/mol. The molecule has 0 aliphatic carbocycles. The van der Waals surface area contributed by atoms with Crippen molar-refractivity contribution < 1.29 is 14.1 Å². The van der Waals surface area contributed by atoms with E-state index in [1.54, 1.807) is 0 Å². The number of aryl methyl sites for hydroxylation is 1. The maximum Gasteiger partial charge on any atom is 0.137 e. The lowest BCUT2D eigenvalue weighted by molar-refractivity contribution is -0.858. The predicted octanol–water partition coefficient (Wildman–Crippen LogP) is 3.24. The van der Waals surface area contributed by atoms with Gasteiger partial charge in [-0.15, -0.1) is 0 Å². The standard InChI is InChI=1S/C23H28N2O2/c1-5-26-19-11-12-22-20(15-19)21(24-13-6-14-25(3)4)16-23(27-22)18-9-7-17(2)8-10-18/h7-12,15-16H,5-6,13-14H2,1-4H3/p+1. The molecule has 0 bridgehead atoms. The van der Waals surface area contributed by atoms with Crippen molar-refractivity contribution in [3.8, 4) is 17.1 Å². The second-order valence-corrected chi connectivity index (χ2v) is 7.15. The molecule has 3 aromatic rings. The molecule has 0 atom stereocenters. The number of quaternary nitrogens is 1. The second-order valence-electron chi connectivity index (χ2n) is 7.15. The molecular weight excluding hydrogens is 336 g/mol. The Morgan fingerprint density at radius 3 is 2.52 bits per heavy atom. The minimum Gasteiger partial charge on any atom is -0.494 e. The average Bonchev–Trinajstić information content (AvgIpc) is 2.66. The number of nitrogens with zero attached hydrogens (tertiary/aromatic N) is 1. The van der Waals surface area contributed by atoms with Gasteiger partial charge in [-0.3, -0.25) is 4.99 Å². The fourth-order valence-corrected chi connectivity index (χ4v) is 3.03. The van der Waals surface area contributed by atoms with Crippen molar-refractivity contribution >= 4 is 11.0 Å². The monoisotopic (exact) mass is 365 g/mol. The molecule has 4 nitrogen and oxygen atoms in total. The van der Waals surface area contributed by atoms with E-state index in [0.717, 1.165) is 52.9 Å². The molecule has 0 amide bonds. The van der Waals surface area contributed by atoms with Crippen molar-refractivity contribution in [3.63, 3.8) is 0 Å². The minimum atomic E-state index is 0.641. The number of nitrogens with one attached hydrogen (secondary N) is 1. The summed E-state index contributed by atoms with van der Waals surface area (Å²) in [7, 11) is 4.33. The molecule has 142 valence electrons. The summed E-state index contributed by atoms with van der Waals surface area (Å²) < 4.78 is 11.9. The molecule has 0 fully saturated rings. The molecule has 27 heavy (non-hydrogen) atoms. The van der Waals surface area contributed by atoms with Gasteiger partial charge >= 0.3 is 0 Å². The van der Waals surface area contributed by atoms with Gasteiger partial charge in [-0.05, 0) is 32.0 Å². The number of hydrogen-bond acceptors (Lipinski definition) is 3. The zero-order valence-electron chi connectivity index (χ0n) is 16.7.